The van der Waals surface area contributed by atoms with Crippen molar-refractivity contribution in [2.24, 2.45) is 5.41 Å². The molecule has 1 aliphatic rings. The van der Waals surface area contributed by atoms with Gasteiger partial charge in [0.05, 0.1) is 0 Å². The predicted molar refractivity (Wildman–Crippen MR) is 67.9 cm³/mol. The Labute approximate surface area is 102 Å². The molecule has 17 heavy (non-hydrogen) atoms. The van der Waals surface area contributed by atoms with Crippen LogP contribution in [0.1, 0.15) is 50.3 Å². The molecule has 94 valence electrons. The summed E-state index contributed by atoms with van der Waals surface area (Å²) < 4.78 is 0. The quantitative estimate of drug-likeness (QED) is 0.828. The van der Waals surface area contributed by atoms with Crippen LogP contribution in [0.25, 0.3) is 0 Å². The SMILES string of the molecule is Cc1[nH]nc(NC(=O)C2(C)CCCCC2)c1C. The highest BCUT2D eigenvalue weighted by Gasteiger charge is 2.34. The summed E-state index contributed by atoms with van der Waals surface area (Å²) in [5.74, 6) is 0.797. The van der Waals surface area contributed by atoms with Crippen LogP contribution in [0.3, 0.4) is 0 Å². The van der Waals surface area contributed by atoms with Crippen molar-refractivity contribution in [2.75, 3.05) is 5.32 Å². The van der Waals surface area contributed by atoms with Crippen LogP contribution >= 0.6 is 0 Å². The van der Waals surface area contributed by atoms with Gasteiger partial charge in [0.15, 0.2) is 5.82 Å². The molecule has 2 N–H and O–H groups in total. The summed E-state index contributed by atoms with van der Waals surface area (Å²) in [4.78, 5) is 12.3. The number of H-pyrrole nitrogens is 1. The summed E-state index contributed by atoms with van der Waals surface area (Å²) in [6.45, 7) is 5.99. The first-order chi connectivity index (χ1) is 8.03. The number of hydrogen-bond donors (Lipinski definition) is 2. The largest absolute Gasteiger partial charge is 0.309 e. The van der Waals surface area contributed by atoms with Crippen molar-refractivity contribution in [1.82, 2.24) is 10.2 Å². The molecular weight excluding hydrogens is 214 g/mol. The molecule has 1 saturated carbocycles. The molecule has 1 aromatic rings. The van der Waals surface area contributed by atoms with Gasteiger partial charge in [0.1, 0.15) is 0 Å². The van der Waals surface area contributed by atoms with Gasteiger partial charge in [-0.05, 0) is 26.7 Å². The first kappa shape index (κ1) is 12.1. The number of amides is 1. The van der Waals surface area contributed by atoms with Gasteiger partial charge in [-0.15, -0.1) is 0 Å². The zero-order chi connectivity index (χ0) is 12.5. The molecule has 0 spiro atoms. The van der Waals surface area contributed by atoms with Crippen LogP contribution < -0.4 is 5.32 Å². The molecule has 0 unspecified atom stereocenters. The van der Waals surface area contributed by atoms with Gasteiger partial charge in [0.25, 0.3) is 0 Å². The lowest BCUT2D eigenvalue weighted by molar-refractivity contribution is -0.126. The molecule has 0 atom stereocenters. The Morgan fingerprint density at radius 2 is 1.94 bits per heavy atom. The van der Waals surface area contributed by atoms with Crippen molar-refractivity contribution in [3.63, 3.8) is 0 Å². The lowest BCUT2D eigenvalue weighted by Gasteiger charge is -2.31. The number of aryl methyl sites for hydroxylation is 1. The Hall–Kier alpha value is -1.32. The Morgan fingerprint density at radius 3 is 2.47 bits per heavy atom. The summed E-state index contributed by atoms with van der Waals surface area (Å²) in [5, 5.41) is 9.98. The zero-order valence-electron chi connectivity index (χ0n) is 10.9. The molecule has 1 fully saturated rings. The molecule has 1 aliphatic carbocycles. The van der Waals surface area contributed by atoms with E-state index in [0.29, 0.717) is 5.82 Å². The van der Waals surface area contributed by atoms with Crippen molar-refractivity contribution in [3.05, 3.63) is 11.3 Å². The van der Waals surface area contributed by atoms with Crippen molar-refractivity contribution in [1.29, 1.82) is 0 Å². The predicted octanol–water partition coefficient (Wildman–Crippen LogP) is 2.94. The maximum Gasteiger partial charge on any atom is 0.231 e. The zero-order valence-corrected chi connectivity index (χ0v) is 10.9. The van der Waals surface area contributed by atoms with E-state index in [1.54, 1.807) is 0 Å². The van der Waals surface area contributed by atoms with Gasteiger partial charge in [-0.2, -0.15) is 5.10 Å². The number of carbonyl (C=O) groups excluding carboxylic acids is 1. The maximum atomic E-state index is 12.3. The molecule has 0 bridgehead atoms. The molecular formula is C13H21N3O. The summed E-state index contributed by atoms with van der Waals surface area (Å²) in [6, 6.07) is 0. The number of aromatic amines is 1. The minimum absolute atomic E-state index is 0.117. The van der Waals surface area contributed by atoms with Crippen molar-refractivity contribution in [2.45, 2.75) is 52.9 Å². The van der Waals surface area contributed by atoms with Crippen molar-refractivity contribution >= 4 is 11.7 Å². The third-order valence-electron chi connectivity index (χ3n) is 3.99. The van der Waals surface area contributed by atoms with Gasteiger partial charge < -0.3 is 5.32 Å². The molecule has 0 aromatic carbocycles. The van der Waals surface area contributed by atoms with Gasteiger partial charge in [0.2, 0.25) is 5.91 Å². The van der Waals surface area contributed by atoms with E-state index in [-0.39, 0.29) is 11.3 Å². The summed E-state index contributed by atoms with van der Waals surface area (Å²) in [6.07, 6.45) is 5.54. The van der Waals surface area contributed by atoms with Crippen LogP contribution in [-0.2, 0) is 4.79 Å². The molecule has 4 nitrogen and oxygen atoms in total. The van der Waals surface area contributed by atoms with E-state index in [1.807, 2.05) is 13.8 Å². The Kier molecular flexibility index (Phi) is 3.22. The molecule has 1 aromatic heterocycles. The Morgan fingerprint density at radius 1 is 1.29 bits per heavy atom. The molecule has 0 aliphatic heterocycles. The fourth-order valence-electron chi connectivity index (χ4n) is 2.42. The van der Waals surface area contributed by atoms with Crippen LogP contribution in [0.15, 0.2) is 0 Å². The monoisotopic (exact) mass is 235 g/mol. The topological polar surface area (TPSA) is 57.8 Å². The van der Waals surface area contributed by atoms with Gasteiger partial charge in [-0.3, -0.25) is 9.89 Å². The summed E-state index contributed by atoms with van der Waals surface area (Å²) in [7, 11) is 0. The highest BCUT2D eigenvalue weighted by molar-refractivity contribution is 5.94. The molecule has 2 rings (SSSR count). The van der Waals surface area contributed by atoms with E-state index in [0.717, 1.165) is 36.9 Å². The maximum absolute atomic E-state index is 12.3. The summed E-state index contributed by atoms with van der Waals surface area (Å²) in [5.41, 5.74) is 1.82. The third-order valence-corrected chi connectivity index (χ3v) is 3.99. The fourth-order valence-corrected chi connectivity index (χ4v) is 2.42. The summed E-state index contributed by atoms with van der Waals surface area (Å²) >= 11 is 0. The molecule has 0 radical (unpaired) electrons. The molecule has 1 amide bonds. The van der Waals surface area contributed by atoms with Crippen molar-refractivity contribution in [3.8, 4) is 0 Å². The average molecular weight is 235 g/mol. The fraction of sp³-hybridized carbons (Fsp3) is 0.692. The highest BCUT2D eigenvalue weighted by Crippen LogP contribution is 2.36. The molecule has 0 saturated heterocycles. The van der Waals surface area contributed by atoms with E-state index in [4.69, 9.17) is 0 Å². The van der Waals surface area contributed by atoms with E-state index in [1.165, 1.54) is 6.42 Å². The lowest BCUT2D eigenvalue weighted by atomic mass is 9.75. The molecule has 4 heteroatoms. The smallest absolute Gasteiger partial charge is 0.231 e. The number of nitrogens with one attached hydrogen (secondary N) is 2. The number of hydrogen-bond acceptors (Lipinski definition) is 2. The molecule has 1 heterocycles. The number of rotatable bonds is 2. The van der Waals surface area contributed by atoms with E-state index >= 15 is 0 Å². The highest BCUT2D eigenvalue weighted by atomic mass is 16.2. The first-order valence-corrected chi connectivity index (χ1v) is 6.36. The van der Waals surface area contributed by atoms with Crippen LogP contribution in [0.4, 0.5) is 5.82 Å². The normalized spacial score (nSPS) is 19.0. The van der Waals surface area contributed by atoms with Crippen molar-refractivity contribution < 1.29 is 4.79 Å². The van der Waals surface area contributed by atoms with Crippen LogP contribution in [-0.4, -0.2) is 16.1 Å². The second-order valence-electron chi connectivity index (χ2n) is 5.40. The van der Waals surface area contributed by atoms with Crippen LogP contribution in [0, 0.1) is 19.3 Å². The first-order valence-electron chi connectivity index (χ1n) is 6.36. The average Bonchev–Trinajstić information content (AvgIpc) is 2.62. The van der Waals surface area contributed by atoms with Gasteiger partial charge in [0, 0.05) is 16.7 Å². The van der Waals surface area contributed by atoms with E-state index in [2.05, 4.69) is 22.4 Å². The van der Waals surface area contributed by atoms with Crippen LogP contribution in [0.5, 0.6) is 0 Å². The van der Waals surface area contributed by atoms with Gasteiger partial charge >= 0.3 is 0 Å². The second-order valence-corrected chi connectivity index (χ2v) is 5.40. The van der Waals surface area contributed by atoms with E-state index in [9.17, 15) is 4.79 Å². The number of nitrogens with zero attached hydrogens (tertiary/aromatic N) is 1. The van der Waals surface area contributed by atoms with Gasteiger partial charge in [-0.25, -0.2) is 0 Å². The van der Waals surface area contributed by atoms with Gasteiger partial charge in [-0.1, -0.05) is 26.2 Å². The van der Waals surface area contributed by atoms with Crippen LogP contribution in [0.2, 0.25) is 0 Å². The lowest BCUT2D eigenvalue weighted by Crippen LogP contribution is -2.35. The number of carbonyl (C=O) groups is 1. The minimum atomic E-state index is -0.211. The Balaban J connectivity index is 2.08. The number of anilines is 1. The number of aromatic nitrogens is 2. The second kappa shape index (κ2) is 4.51. The van der Waals surface area contributed by atoms with E-state index < -0.39 is 0 Å². The standard InChI is InChI=1S/C13H21N3O/c1-9-10(2)15-16-11(9)14-12(17)13(3)7-5-4-6-8-13/h4-8H2,1-3H3,(H2,14,15,16,17). The third kappa shape index (κ3) is 2.35. The Bertz CT molecular complexity index is 416. The minimum Gasteiger partial charge on any atom is -0.309 e.